The summed E-state index contributed by atoms with van der Waals surface area (Å²) in [4.78, 5) is 25.5. The maximum atomic E-state index is 12.5. The van der Waals surface area contributed by atoms with Gasteiger partial charge in [0, 0.05) is 31.6 Å². The summed E-state index contributed by atoms with van der Waals surface area (Å²) in [5, 5.41) is 2.78. The maximum Gasteiger partial charge on any atom is 0.254 e. The number of aryl methyl sites for hydroxylation is 2. The molecule has 0 spiro atoms. The van der Waals surface area contributed by atoms with Crippen LogP contribution in [0.3, 0.4) is 0 Å². The van der Waals surface area contributed by atoms with Gasteiger partial charge in [-0.2, -0.15) is 0 Å². The molecule has 0 aliphatic carbocycles. The summed E-state index contributed by atoms with van der Waals surface area (Å²) in [6, 6.07) is 5.85. The van der Waals surface area contributed by atoms with E-state index in [4.69, 9.17) is 0 Å². The second-order valence-electron chi connectivity index (χ2n) is 4.66. The number of hydrogen-bond donors (Lipinski definition) is 1. The van der Waals surface area contributed by atoms with E-state index in [9.17, 15) is 9.59 Å². The van der Waals surface area contributed by atoms with Crippen molar-refractivity contribution >= 4 is 11.8 Å². The van der Waals surface area contributed by atoms with Crippen LogP contribution in [0.15, 0.2) is 18.2 Å². The molecule has 0 aromatic heterocycles. The van der Waals surface area contributed by atoms with Crippen LogP contribution in [0.1, 0.15) is 27.9 Å². The molecule has 1 heterocycles. The van der Waals surface area contributed by atoms with Crippen molar-refractivity contribution in [1.29, 1.82) is 0 Å². The van der Waals surface area contributed by atoms with E-state index in [1.807, 2.05) is 32.0 Å². The summed E-state index contributed by atoms with van der Waals surface area (Å²) in [7, 11) is 0. The van der Waals surface area contributed by atoms with Crippen molar-refractivity contribution in [3.63, 3.8) is 0 Å². The van der Waals surface area contributed by atoms with Crippen LogP contribution in [0, 0.1) is 13.8 Å². The lowest BCUT2D eigenvalue weighted by atomic mass is 10.0. The summed E-state index contributed by atoms with van der Waals surface area (Å²) in [5.74, 6) is 0.0499. The fraction of sp³-hybridized carbons (Fsp3) is 0.429. The summed E-state index contributed by atoms with van der Waals surface area (Å²) in [6.45, 7) is 5.51. The lowest BCUT2D eigenvalue weighted by Gasteiger charge is -2.21. The number of carbonyl (C=O) groups excluding carboxylic acids is 2. The SMILES string of the molecule is Cc1cccc(C)c1C(=O)N1CCNC(=O)CC1. The van der Waals surface area contributed by atoms with Crippen LogP contribution in [0.2, 0.25) is 0 Å². The Kier molecular flexibility index (Phi) is 3.65. The second-order valence-corrected chi connectivity index (χ2v) is 4.66. The quantitative estimate of drug-likeness (QED) is 0.811. The van der Waals surface area contributed by atoms with E-state index in [1.165, 1.54) is 0 Å². The number of hydrogen-bond acceptors (Lipinski definition) is 2. The van der Waals surface area contributed by atoms with Crippen LogP contribution in [-0.4, -0.2) is 36.3 Å². The van der Waals surface area contributed by atoms with Gasteiger partial charge in [-0.25, -0.2) is 0 Å². The van der Waals surface area contributed by atoms with Crippen molar-refractivity contribution in [2.45, 2.75) is 20.3 Å². The minimum atomic E-state index is 0.0202. The number of nitrogens with one attached hydrogen (secondary N) is 1. The zero-order valence-electron chi connectivity index (χ0n) is 10.8. The Labute approximate surface area is 107 Å². The van der Waals surface area contributed by atoms with E-state index in [-0.39, 0.29) is 11.8 Å². The Morgan fingerprint density at radius 3 is 2.56 bits per heavy atom. The van der Waals surface area contributed by atoms with Gasteiger partial charge >= 0.3 is 0 Å². The second kappa shape index (κ2) is 5.21. The number of benzene rings is 1. The van der Waals surface area contributed by atoms with E-state index >= 15 is 0 Å². The summed E-state index contributed by atoms with van der Waals surface area (Å²) in [6.07, 6.45) is 0.386. The maximum absolute atomic E-state index is 12.5. The van der Waals surface area contributed by atoms with Crippen molar-refractivity contribution in [2.24, 2.45) is 0 Å². The highest BCUT2D eigenvalue weighted by Gasteiger charge is 2.21. The molecular formula is C14H18N2O2. The molecule has 18 heavy (non-hydrogen) atoms. The molecule has 4 nitrogen and oxygen atoms in total. The van der Waals surface area contributed by atoms with Crippen molar-refractivity contribution in [1.82, 2.24) is 10.2 Å². The first-order valence-electron chi connectivity index (χ1n) is 6.22. The average Bonchev–Trinajstić information content (AvgIpc) is 2.53. The zero-order valence-corrected chi connectivity index (χ0v) is 10.8. The van der Waals surface area contributed by atoms with Crippen LogP contribution in [-0.2, 0) is 4.79 Å². The molecule has 0 bridgehead atoms. The van der Waals surface area contributed by atoms with E-state index < -0.39 is 0 Å². The highest BCUT2D eigenvalue weighted by atomic mass is 16.2. The first-order chi connectivity index (χ1) is 8.59. The van der Waals surface area contributed by atoms with E-state index in [0.29, 0.717) is 26.1 Å². The molecule has 1 aromatic rings. The van der Waals surface area contributed by atoms with Gasteiger partial charge in [0.2, 0.25) is 5.91 Å². The highest BCUT2D eigenvalue weighted by molar-refractivity contribution is 5.97. The molecule has 0 radical (unpaired) electrons. The fourth-order valence-electron chi connectivity index (χ4n) is 2.28. The topological polar surface area (TPSA) is 49.4 Å². The normalized spacial score (nSPS) is 16.1. The molecule has 1 saturated heterocycles. The van der Waals surface area contributed by atoms with Crippen molar-refractivity contribution in [3.8, 4) is 0 Å². The molecule has 1 fully saturated rings. The van der Waals surface area contributed by atoms with Gasteiger partial charge in [-0.05, 0) is 25.0 Å². The molecule has 2 amide bonds. The van der Waals surface area contributed by atoms with Gasteiger partial charge in [0.1, 0.15) is 0 Å². The molecule has 0 saturated carbocycles. The van der Waals surface area contributed by atoms with Gasteiger partial charge < -0.3 is 10.2 Å². The Morgan fingerprint density at radius 1 is 1.22 bits per heavy atom. The molecule has 4 heteroatoms. The molecule has 0 unspecified atom stereocenters. The van der Waals surface area contributed by atoms with Crippen LogP contribution >= 0.6 is 0 Å². The molecule has 0 atom stereocenters. The van der Waals surface area contributed by atoms with Crippen molar-refractivity contribution < 1.29 is 9.59 Å². The molecular weight excluding hydrogens is 228 g/mol. The van der Waals surface area contributed by atoms with Gasteiger partial charge in [0.05, 0.1) is 0 Å². The van der Waals surface area contributed by atoms with E-state index in [1.54, 1.807) is 4.90 Å². The van der Waals surface area contributed by atoms with Crippen molar-refractivity contribution in [3.05, 3.63) is 34.9 Å². The Balaban J connectivity index is 2.23. The first-order valence-corrected chi connectivity index (χ1v) is 6.22. The number of rotatable bonds is 1. The number of nitrogens with zero attached hydrogens (tertiary/aromatic N) is 1. The van der Waals surface area contributed by atoms with Gasteiger partial charge in [-0.15, -0.1) is 0 Å². The Hall–Kier alpha value is -1.84. The van der Waals surface area contributed by atoms with E-state index in [0.717, 1.165) is 16.7 Å². The summed E-state index contributed by atoms with van der Waals surface area (Å²) >= 11 is 0. The third-order valence-electron chi connectivity index (χ3n) is 3.29. The van der Waals surface area contributed by atoms with Crippen LogP contribution in [0.25, 0.3) is 0 Å². The van der Waals surface area contributed by atoms with Gasteiger partial charge in [-0.1, -0.05) is 18.2 Å². The molecule has 96 valence electrons. The molecule has 2 rings (SSSR count). The molecule has 1 N–H and O–H groups in total. The van der Waals surface area contributed by atoms with Crippen LogP contribution in [0.4, 0.5) is 0 Å². The minimum Gasteiger partial charge on any atom is -0.354 e. The van der Waals surface area contributed by atoms with Crippen LogP contribution < -0.4 is 5.32 Å². The average molecular weight is 246 g/mol. The zero-order chi connectivity index (χ0) is 13.1. The monoisotopic (exact) mass is 246 g/mol. The summed E-state index contributed by atoms with van der Waals surface area (Å²) in [5.41, 5.74) is 2.75. The smallest absolute Gasteiger partial charge is 0.254 e. The van der Waals surface area contributed by atoms with Crippen LogP contribution in [0.5, 0.6) is 0 Å². The predicted molar refractivity (Wildman–Crippen MR) is 69.4 cm³/mol. The van der Waals surface area contributed by atoms with Gasteiger partial charge in [-0.3, -0.25) is 9.59 Å². The molecule has 1 aliphatic heterocycles. The van der Waals surface area contributed by atoms with E-state index in [2.05, 4.69) is 5.32 Å². The highest BCUT2D eigenvalue weighted by Crippen LogP contribution is 2.16. The lowest BCUT2D eigenvalue weighted by molar-refractivity contribution is -0.120. The Bertz CT molecular complexity index is 462. The largest absolute Gasteiger partial charge is 0.354 e. The van der Waals surface area contributed by atoms with Crippen molar-refractivity contribution in [2.75, 3.05) is 19.6 Å². The molecule has 1 aliphatic rings. The number of carbonyl (C=O) groups is 2. The third-order valence-corrected chi connectivity index (χ3v) is 3.29. The minimum absolute atomic E-state index is 0.0202. The summed E-state index contributed by atoms with van der Waals surface area (Å²) < 4.78 is 0. The first kappa shape index (κ1) is 12.6. The number of amides is 2. The predicted octanol–water partition coefficient (Wildman–Crippen LogP) is 1.27. The van der Waals surface area contributed by atoms with Gasteiger partial charge in [0.25, 0.3) is 5.91 Å². The fourth-order valence-corrected chi connectivity index (χ4v) is 2.28. The van der Waals surface area contributed by atoms with Gasteiger partial charge in [0.15, 0.2) is 0 Å². The molecule has 1 aromatic carbocycles. The Morgan fingerprint density at radius 2 is 1.89 bits per heavy atom. The standard InChI is InChI=1S/C14H18N2O2/c1-10-4-3-5-11(2)13(10)14(18)16-8-6-12(17)15-7-9-16/h3-5H,6-9H2,1-2H3,(H,15,17). The lowest BCUT2D eigenvalue weighted by Crippen LogP contribution is -2.35. The third kappa shape index (κ3) is 2.53.